The van der Waals surface area contributed by atoms with Crippen molar-refractivity contribution in [3.63, 3.8) is 0 Å². The van der Waals surface area contributed by atoms with Crippen LogP contribution in [0.2, 0.25) is 0 Å². The van der Waals surface area contributed by atoms with Crippen LogP contribution in [0.25, 0.3) is 0 Å². The number of amides is 1. The SMILES string of the molecule is COC(=O)[C@](C)(CC(C)C)NC(=O)c1ccc[nH]1. The van der Waals surface area contributed by atoms with E-state index in [0.29, 0.717) is 12.1 Å². The number of carbonyl (C=O) groups excluding carboxylic acids is 2. The average molecular weight is 252 g/mol. The number of carbonyl (C=O) groups is 2. The normalized spacial score (nSPS) is 14.1. The number of aromatic nitrogens is 1. The summed E-state index contributed by atoms with van der Waals surface area (Å²) in [6.07, 6.45) is 2.18. The highest BCUT2D eigenvalue weighted by Gasteiger charge is 2.37. The van der Waals surface area contributed by atoms with E-state index in [-0.39, 0.29) is 11.8 Å². The average Bonchev–Trinajstić information content (AvgIpc) is 2.79. The summed E-state index contributed by atoms with van der Waals surface area (Å²) in [5.41, 5.74) is -0.584. The topological polar surface area (TPSA) is 71.2 Å². The van der Waals surface area contributed by atoms with Crippen molar-refractivity contribution in [2.24, 2.45) is 5.92 Å². The number of rotatable bonds is 5. The molecule has 0 radical (unpaired) electrons. The van der Waals surface area contributed by atoms with Gasteiger partial charge in [0.05, 0.1) is 7.11 Å². The van der Waals surface area contributed by atoms with E-state index in [1.54, 1.807) is 25.3 Å². The quantitative estimate of drug-likeness (QED) is 0.784. The first kappa shape index (κ1) is 14.3. The van der Waals surface area contributed by atoms with Gasteiger partial charge in [0.25, 0.3) is 5.91 Å². The van der Waals surface area contributed by atoms with Gasteiger partial charge >= 0.3 is 5.97 Å². The zero-order valence-corrected chi connectivity index (χ0v) is 11.2. The lowest BCUT2D eigenvalue weighted by atomic mass is 9.90. The van der Waals surface area contributed by atoms with E-state index in [0.717, 1.165) is 0 Å². The fourth-order valence-electron chi connectivity index (χ4n) is 2.02. The lowest BCUT2D eigenvalue weighted by molar-refractivity contribution is -0.148. The summed E-state index contributed by atoms with van der Waals surface area (Å²) in [5, 5.41) is 2.73. The van der Waals surface area contributed by atoms with Crippen molar-refractivity contribution in [2.75, 3.05) is 7.11 Å². The van der Waals surface area contributed by atoms with Crippen molar-refractivity contribution >= 4 is 11.9 Å². The molecule has 0 bridgehead atoms. The molecule has 5 nitrogen and oxygen atoms in total. The van der Waals surface area contributed by atoms with Crippen molar-refractivity contribution in [2.45, 2.75) is 32.7 Å². The molecular formula is C13H20N2O3. The monoisotopic (exact) mass is 252 g/mol. The Balaban J connectivity index is 2.85. The smallest absolute Gasteiger partial charge is 0.331 e. The number of ether oxygens (including phenoxy) is 1. The van der Waals surface area contributed by atoms with Gasteiger partial charge < -0.3 is 15.0 Å². The summed E-state index contributed by atoms with van der Waals surface area (Å²) < 4.78 is 4.77. The lowest BCUT2D eigenvalue weighted by Crippen LogP contribution is -2.53. The van der Waals surface area contributed by atoms with Gasteiger partial charge in [-0.25, -0.2) is 4.79 Å². The number of hydrogen-bond donors (Lipinski definition) is 2. The van der Waals surface area contributed by atoms with Crippen molar-refractivity contribution < 1.29 is 14.3 Å². The van der Waals surface area contributed by atoms with Crippen molar-refractivity contribution in [1.82, 2.24) is 10.3 Å². The molecule has 0 aromatic carbocycles. The molecular weight excluding hydrogens is 232 g/mol. The third-order valence-electron chi connectivity index (χ3n) is 2.68. The standard InChI is InChI=1S/C13H20N2O3/c1-9(2)8-13(3,12(17)18-4)15-11(16)10-6-5-7-14-10/h5-7,9,14H,8H2,1-4H3,(H,15,16)/t13-/m0/s1. The molecule has 0 saturated heterocycles. The Hall–Kier alpha value is -1.78. The molecule has 0 aliphatic heterocycles. The summed E-state index contributed by atoms with van der Waals surface area (Å²) in [7, 11) is 1.32. The van der Waals surface area contributed by atoms with E-state index in [2.05, 4.69) is 10.3 Å². The first-order valence-corrected chi connectivity index (χ1v) is 5.93. The first-order valence-electron chi connectivity index (χ1n) is 5.93. The predicted molar refractivity (Wildman–Crippen MR) is 68.1 cm³/mol. The van der Waals surface area contributed by atoms with E-state index in [1.807, 2.05) is 13.8 Å². The maximum Gasteiger partial charge on any atom is 0.331 e. The van der Waals surface area contributed by atoms with Crippen molar-refractivity contribution in [3.05, 3.63) is 24.0 Å². The molecule has 0 saturated carbocycles. The third kappa shape index (κ3) is 3.35. The molecule has 0 spiro atoms. The van der Waals surface area contributed by atoms with Gasteiger partial charge in [-0.05, 0) is 31.4 Å². The zero-order valence-electron chi connectivity index (χ0n) is 11.2. The van der Waals surface area contributed by atoms with E-state index >= 15 is 0 Å². The molecule has 0 unspecified atom stereocenters. The van der Waals surface area contributed by atoms with Crippen LogP contribution in [0.4, 0.5) is 0 Å². The fourth-order valence-corrected chi connectivity index (χ4v) is 2.02. The zero-order chi connectivity index (χ0) is 13.8. The highest BCUT2D eigenvalue weighted by atomic mass is 16.5. The van der Waals surface area contributed by atoms with Crippen molar-refractivity contribution in [3.8, 4) is 0 Å². The van der Waals surface area contributed by atoms with Gasteiger partial charge in [-0.3, -0.25) is 4.79 Å². The molecule has 100 valence electrons. The molecule has 1 amide bonds. The molecule has 2 N–H and O–H groups in total. The molecule has 1 heterocycles. The first-order chi connectivity index (χ1) is 8.39. The van der Waals surface area contributed by atoms with Crippen LogP contribution in [-0.4, -0.2) is 29.5 Å². The Morgan fingerprint density at radius 1 is 1.50 bits per heavy atom. The minimum Gasteiger partial charge on any atom is -0.467 e. The van der Waals surface area contributed by atoms with E-state index in [4.69, 9.17) is 4.74 Å². The fraction of sp³-hybridized carbons (Fsp3) is 0.538. The van der Waals surface area contributed by atoms with Gasteiger partial charge in [0.2, 0.25) is 0 Å². The molecule has 0 aliphatic rings. The van der Waals surface area contributed by atoms with E-state index < -0.39 is 11.5 Å². The molecule has 0 fully saturated rings. The van der Waals surface area contributed by atoms with Crippen molar-refractivity contribution in [1.29, 1.82) is 0 Å². The Labute approximate surface area is 107 Å². The third-order valence-corrected chi connectivity index (χ3v) is 2.68. The maximum absolute atomic E-state index is 12.0. The second kappa shape index (κ2) is 5.71. The number of hydrogen-bond acceptors (Lipinski definition) is 3. The summed E-state index contributed by atoms with van der Waals surface area (Å²) in [4.78, 5) is 26.6. The van der Waals surface area contributed by atoms with Gasteiger partial charge in [0.15, 0.2) is 0 Å². The second-order valence-electron chi connectivity index (χ2n) is 4.96. The molecule has 1 aromatic rings. The second-order valence-corrected chi connectivity index (χ2v) is 4.96. The Bertz CT molecular complexity index is 412. The molecule has 1 aromatic heterocycles. The predicted octanol–water partition coefficient (Wildman–Crippen LogP) is 1.72. The van der Waals surface area contributed by atoms with Crippen LogP contribution in [0.5, 0.6) is 0 Å². The highest BCUT2D eigenvalue weighted by Crippen LogP contribution is 2.18. The maximum atomic E-state index is 12.0. The summed E-state index contributed by atoms with van der Waals surface area (Å²) >= 11 is 0. The van der Waals surface area contributed by atoms with Crippen LogP contribution in [0.15, 0.2) is 18.3 Å². The van der Waals surface area contributed by atoms with Crippen LogP contribution in [0.3, 0.4) is 0 Å². The molecule has 1 rings (SSSR count). The van der Waals surface area contributed by atoms with Gasteiger partial charge in [0, 0.05) is 6.20 Å². The molecule has 0 aliphatic carbocycles. The molecule has 1 atom stereocenters. The number of esters is 1. The van der Waals surface area contributed by atoms with Gasteiger partial charge in [0.1, 0.15) is 11.2 Å². The van der Waals surface area contributed by atoms with Crippen LogP contribution in [0, 0.1) is 5.92 Å². The van der Waals surface area contributed by atoms with Gasteiger partial charge in [-0.2, -0.15) is 0 Å². The number of H-pyrrole nitrogens is 1. The number of nitrogens with one attached hydrogen (secondary N) is 2. The summed E-state index contributed by atoms with van der Waals surface area (Å²) in [6, 6.07) is 3.38. The van der Waals surface area contributed by atoms with Gasteiger partial charge in [-0.1, -0.05) is 13.8 Å². The van der Waals surface area contributed by atoms with Crippen LogP contribution in [-0.2, 0) is 9.53 Å². The Morgan fingerprint density at radius 2 is 2.17 bits per heavy atom. The Kier molecular flexibility index (Phi) is 4.53. The number of methoxy groups -OCH3 is 1. The van der Waals surface area contributed by atoms with E-state index in [1.165, 1.54) is 7.11 Å². The minimum atomic E-state index is -1.01. The number of aromatic amines is 1. The molecule has 18 heavy (non-hydrogen) atoms. The minimum absolute atomic E-state index is 0.262. The van der Waals surface area contributed by atoms with Crippen LogP contribution >= 0.6 is 0 Å². The summed E-state index contributed by atoms with van der Waals surface area (Å²) in [5.74, 6) is -0.484. The summed E-state index contributed by atoms with van der Waals surface area (Å²) in [6.45, 7) is 5.66. The van der Waals surface area contributed by atoms with Crippen LogP contribution in [0.1, 0.15) is 37.7 Å². The molecule has 5 heteroatoms. The highest BCUT2D eigenvalue weighted by molar-refractivity contribution is 5.96. The lowest BCUT2D eigenvalue weighted by Gasteiger charge is -2.29. The van der Waals surface area contributed by atoms with Gasteiger partial charge in [-0.15, -0.1) is 0 Å². The largest absolute Gasteiger partial charge is 0.467 e. The Morgan fingerprint density at radius 3 is 2.61 bits per heavy atom. The van der Waals surface area contributed by atoms with E-state index in [9.17, 15) is 9.59 Å². The van der Waals surface area contributed by atoms with Crippen LogP contribution < -0.4 is 5.32 Å².